The number of hydrogen-bond donors (Lipinski definition) is 2. The average molecular weight is 256 g/mol. The normalized spacial score (nSPS) is 13.5. The third-order valence-electron chi connectivity index (χ3n) is 2.50. The van der Waals surface area contributed by atoms with Gasteiger partial charge in [0.15, 0.2) is 5.78 Å². The van der Waals surface area contributed by atoms with E-state index in [9.17, 15) is 4.79 Å². The number of nitrogens with one attached hydrogen (secondary N) is 1. The van der Waals surface area contributed by atoms with Gasteiger partial charge in [-0.1, -0.05) is 23.7 Å². The molecular formula is C13H18ClNO2. The molecular weight excluding hydrogens is 238 g/mol. The van der Waals surface area contributed by atoms with Gasteiger partial charge in [0.25, 0.3) is 0 Å². The van der Waals surface area contributed by atoms with Gasteiger partial charge in [-0.2, -0.15) is 0 Å². The van der Waals surface area contributed by atoms with Crippen molar-refractivity contribution in [1.82, 2.24) is 5.32 Å². The molecule has 0 saturated carbocycles. The van der Waals surface area contributed by atoms with Crippen molar-refractivity contribution in [2.24, 2.45) is 0 Å². The summed E-state index contributed by atoms with van der Waals surface area (Å²) in [4.78, 5) is 12.1. The van der Waals surface area contributed by atoms with Crippen LogP contribution in [0.2, 0.25) is 5.02 Å². The molecule has 0 aliphatic rings. The smallest absolute Gasteiger partial charge is 0.179 e. The number of halogens is 1. The van der Waals surface area contributed by atoms with Crippen molar-refractivity contribution in [2.75, 3.05) is 6.61 Å². The summed E-state index contributed by atoms with van der Waals surface area (Å²) in [6.07, 6.45) is 0. The van der Waals surface area contributed by atoms with E-state index < -0.39 is 5.54 Å². The molecule has 2 N–H and O–H groups in total. The first-order valence-corrected chi connectivity index (χ1v) is 5.92. The van der Waals surface area contributed by atoms with E-state index >= 15 is 0 Å². The van der Waals surface area contributed by atoms with Crippen LogP contribution < -0.4 is 5.32 Å². The zero-order chi connectivity index (χ0) is 13.1. The highest BCUT2D eigenvalue weighted by Crippen LogP contribution is 2.13. The Hall–Kier alpha value is -0.900. The second-order valence-electron chi connectivity index (χ2n) is 4.78. The Kier molecular flexibility index (Phi) is 4.69. The molecule has 0 amide bonds. The first-order chi connectivity index (χ1) is 7.85. The van der Waals surface area contributed by atoms with Crippen molar-refractivity contribution in [3.63, 3.8) is 0 Å². The van der Waals surface area contributed by atoms with Crippen LogP contribution in [0, 0.1) is 0 Å². The fourth-order valence-corrected chi connectivity index (χ4v) is 1.78. The van der Waals surface area contributed by atoms with Crippen LogP contribution in [0.1, 0.15) is 31.1 Å². The first-order valence-electron chi connectivity index (χ1n) is 5.54. The molecule has 0 bridgehead atoms. The van der Waals surface area contributed by atoms with Crippen LogP contribution in [-0.4, -0.2) is 29.1 Å². The van der Waals surface area contributed by atoms with Crippen molar-refractivity contribution in [3.8, 4) is 0 Å². The molecule has 0 heterocycles. The number of hydrogen-bond acceptors (Lipinski definition) is 3. The zero-order valence-corrected chi connectivity index (χ0v) is 11.1. The topological polar surface area (TPSA) is 49.3 Å². The molecule has 1 aromatic rings. The molecule has 0 spiro atoms. The maximum atomic E-state index is 12.1. The second kappa shape index (κ2) is 5.63. The molecule has 0 aromatic heterocycles. The van der Waals surface area contributed by atoms with E-state index in [4.69, 9.17) is 16.7 Å². The first kappa shape index (κ1) is 14.2. The molecule has 0 aliphatic carbocycles. The summed E-state index contributed by atoms with van der Waals surface area (Å²) in [5.41, 5.74) is 0.0967. The average Bonchev–Trinajstić information content (AvgIpc) is 2.27. The van der Waals surface area contributed by atoms with Gasteiger partial charge in [-0.3, -0.25) is 4.79 Å². The van der Waals surface area contributed by atoms with E-state index in [2.05, 4.69) is 5.32 Å². The van der Waals surface area contributed by atoms with E-state index in [1.54, 1.807) is 31.2 Å². The molecule has 3 nitrogen and oxygen atoms in total. The maximum Gasteiger partial charge on any atom is 0.179 e. The van der Waals surface area contributed by atoms with Crippen LogP contribution in [0.25, 0.3) is 0 Å². The Morgan fingerprint density at radius 1 is 1.53 bits per heavy atom. The summed E-state index contributed by atoms with van der Waals surface area (Å²) < 4.78 is 0. The van der Waals surface area contributed by atoms with E-state index in [0.29, 0.717) is 10.6 Å². The minimum absolute atomic E-state index is 0.0276. The Balaban J connectivity index is 2.77. The van der Waals surface area contributed by atoms with Crippen LogP contribution in [0.15, 0.2) is 24.3 Å². The van der Waals surface area contributed by atoms with Gasteiger partial charge in [-0.25, -0.2) is 0 Å². The number of benzene rings is 1. The Bertz CT molecular complexity index is 404. The van der Waals surface area contributed by atoms with Gasteiger partial charge in [0.05, 0.1) is 12.6 Å². The van der Waals surface area contributed by atoms with Gasteiger partial charge in [-0.05, 0) is 32.9 Å². The number of rotatable bonds is 5. The van der Waals surface area contributed by atoms with Crippen LogP contribution >= 0.6 is 11.6 Å². The van der Waals surface area contributed by atoms with Crippen molar-refractivity contribution in [2.45, 2.75) is 32.4 Å². The van der Waals surface area contributed by atoms with Crippen molar-refractivity contribution >= 4 is 17.4 Å². The lowest BCUT2D eigenvalue weighted by Crippen LogP contribution is -2.50. The van der Waals surface area contributed by atoms with Gasteiger partial charge in [0, 0.05) is 16.1 Å². The predicted octanol–water partition coefficient (Wildman–Crippen LogP) is 2.27. The lowest BCUT2D eigenvalue weighted by atomic mass is 10.0. The molecule has 0 saturated heterocycles. The van der Waals surface area contributed by atoms with E-state index in [0.717, 1.165) is 0 Å². The molecule has 0 aliphatic heterocycles. The molecule has 0 radical (unpaired) electrons. The number of ketones is 1. The van der Waals surface area contributed by atoms with E-state index in [1.807, 2.05) is 13.8 Å². The van der Waals surface area contributed by atoms with E-state index in [-0.39, 0.29) is 18.4 Å². The molecule has 1 atom stereocenters. The summed E-state index contributed by atoms with van der Waals surface area (Å²) in [6.45, 7) is 5.43. The fraction of sp³-hybridized carbons (Fsp3) is 0.462. The third-order valence-corrected chi connectivity index (χ3v) is 2.74. The molecule has 0 fully saturated rings. The Morgan fingerprint density at radius 2 is 2.18 bits per heavy atom. The predicted molar refractivity (Wildman–Crippen MR) is 69.5 cm³/mol. The highest BCUT2D eigenvalue weighted by atomic mass is 35.5. The molecule has 1 rings (SSSR count). The number of aliphatic hydroxyl groups excluding tert-OH is 1. The van der Waals surface area contributed by atoms with Crippen molar-refractivity contribution in [3.05, 3.63) is 34.9 Å². The summed E-state index contributed by atoms with van der Waals surface area (Å²) in [5.74, 6) is -0.0333. The zero-order valence-electron chi connectivity index (χ0n) is 10.3. The minimum Gasteiger partial charge on any atom is -0.394 e. The van der Waals surface area contributed by atoms with Gasteiger partial charge in [-0.15, -0.1) is 0 Å². The van der Waals surface area contributed by atoms with Gasteiger partial charge in [0.2, 0.25) is 0 Å². The van der Waals surface area contributed by atoms with Crippen LogP contribution in [-0.2, 0) is 0 Å². The molecule has 4 heteroatoms. The van der Waals surface area contributed by atoms with Gasteiger partial charge < -0.3 is 10.4 Å². The van der Waals surface area contributed by atoms with Crippen LogP contribution in [0.3, 0.4) is 0 Å². The Morgan fingerprint density at radius 3 is 2.71 bits per heavy atom. The maximum absolute atomic E-state index is 12.1. The number of aliphatic hydroxyl groups is 1. The monoisotopic (exact) mass is 255 g/mol. The second-order valence-corrected chi connectivity index (χ2v) is 5.22. The van der Waals surface area contributed by atoms with Crippen molar-refractivity contribution < 1.29 is 9.90 Å². The highest BCUT2D eigenvalue weighted by molar-refractivity contribution is 6.31. The molecule has 94 valence electrons. The fourth-order valence-electron chi connectivity index (χ4n) is 1.59. The third kappa shape index (κ3) is 4.11. The molecule has 1 aromatic carbocycles. The standard InChI is InChI=1S/C13H18ClNO2/c1-9(15-13(2,3)8-16)12(17)10-5-4-6-11(14)7-10/h4-7,9,15-16H,8H2,1-3H3/t9-/m0/s1. The quantitative estimate of drug-likeness (QED) is 0.794. The number of Topliss-reactive ketones (excluding diaryl/α,β-unsaturated/α-hetero) is 1. The molecule has 0 unspecified atom stereocenters. The summed E-state index contributed by atoms with van der Waals surface area (Å²) in [6, 6.07) is 6.50. The van der Waals surface area contributed by atoms with Crippen LogP contribution in [0.5, 0.6) is 0 Å². The summed E-state index contributed by atoms with van der Waals surface area (Å²) >= 11 is 5.84. The summed E-state index contributed by atoms with van der Waals surface area (Å²) in [7, 11) is 0. The lowest BCUT2D eigenvalue weighted by Gasteiger charge is -2.27. The Labute approximate surface area is 107 Å². The lowest BCUT2D eigenvalue weighted by molar-refractivity contribution is 0.0911. The van der Waals surface area contributed by atoms with E-state index in [1.165, 1.54) is 0 Å². The number of carbonyl (C=O) groups is 1. The van der Waals surface area contributed by atoms with Gasteiger partial charge >= 0.3 is 0 Å². The minimum atomic E-state index is -0.479. The highest BCUT2D eigenvalue weighted by Gasteiger charge is 2.23. The largest absolute Gasteiger partial charge is 0.394 e. The summed E-state index contributed by atoms with van der Waals surface area (Å²) in [5, 5.41) is 12.8. The van der Waals surface area contributed by atoms with Gasteiger partial charge in [0.1, 0.15) is 0 Å². The SMILES string of the molecule is C[C@H](NC(C)(C)CO)C(=O)c1cccc(Cl)c1. The molecule has 17 heavy (non-hydrogen) atoms. The van der Waals surface area contributed by atoms with Crippen molar-refractivity contribution in [1.29, 1.82) is 0 Å². The van der Waals surface area contributed by atoms with Crippen LogP contribution in [0.4, 0.5) is 0 Å². The number of carbonyl (C=O) groups excluding carboxylic acids is 1.